The average Bonchev–Trinajstić information content (AvgIpc) is 3.23. The van der Waals surface area contributed by atoms with Crippen molar-refractivity contribution in [2.45, 2.75) is 32.5 Å². The van der Waals surface area contributed by atoms with Crippen molar-refractivity contribution >= 4 is 29.0 Å². The van der Waals surface area contributed by atoms with Crippen LogP contribution in [0.25, 0.3) is 5.69 Å². The van der Waals surface area contributed by atoms with Crippen molar-refractivity contribution in [3.05, 3.63) is 95.3 Å². The molecule has 1 heterocycles. The highest BCUT2D eigenvalue weighted by atomic mass is 32.2. The molecule has 0 saturated heterocycles. The van der Waals surface area contributed by atoms with E-state index < -0.39 is 0 Å². The molecule has 33 heavy (non-hydrogen) atoms. The number of aryl methyl sites for hydroxylation is 2. The number of nitrogens with one attached hydrogen (secondary N) is 2. The van der Waals surface area contributed by atoms with Crippen molar-refractivity contribution in [2.75, 3.05) is 16.4 Å². The van der Waals surface area contributed by atoms with E-state index >= 15 is 0 Å². The lowest BCUT2D eigenvalue weighted by Gasteiger charge is -2.12. The van der Waals surface area contributed by atoms with Crippen molar-refractivity contribution in [2.24, 2.45) is 0 Å². The second-order valence-electron chi connectivity index (χ2n) is 7.88. The highest BCUT2D eigenvalue weighted by Crippen LogP contribution is 2.24. The lowest BCUT2D eigenvalue weighted by Crippen LogP contribution is -2.16. The molecule has 0 aliphatic heterocycles. The minimum Gasteiger partial charge on any atom is -0.378 e. The van der Waals surface area contributed by atoms with Crippen LogP contribution in [0.15, 0.2) is 78.0 Å². The van der Waals surface area contributed by atoms with Crippen molar-refractivity contribution in [1.82, 2.24) is 14.8 Å². The summed E-state index contributed by atoms with van der Waals surface area (Å²) < 4.78 is 2.00. The molecule has 0 atom stereocenters. The van der Waals surface area contributed by atoms with Crippen LogP contribution in [0.5, 0.6) is 0 Å². The molecule has 168 valence electrons. The number of thioether (sulfide) groups is 1. The number of benzene rings is 3. The molecule has 0 bridgehead atoms. The predicted octanol–water partition coefficient (Wildman–Crippen LogP) is 5.54. The molecule has 6 nitrogen and oxygen atoms in total. The highest BCUT2D eigenvalue weighted by molar-refractivity contribution is 7.99. The molecule has 3 aromatic carbocycles. The molecule has 1 aromatic heterocycles. The van der Waals surface area contributed by atoms with E-state index in [1.165, 1.54) is 17.3 Å². The molecule has 7 heteroatoms. The van der Waals surface area contributed by atoms with Gasteiger partial charge >= 0.3 is 0 Å². The van der Waals surface area contributed by atoms with Crippen LogP contribution in [-0.4, -0.2) is 26.4 Å². The largest absolute Gasteiger partial charge is 0.378 e. The standard InChI is InChI=1S/C26H27N5OS/c1-18-9-7-11-21(15-18)27-16-24-29-30-26(31(24)22-12-5-4-6-13-22)33-17-25(32)28-23-14-8-10-19(2)20(23)3/h4-15,27H,16-17H2,1-3H3,(H,28,32). The van der Waals surface area contributed by atoms with Gasteiger partial charge in [-0.15, -0.1) is 10.2 Å². The van der Waals surface area contributed by atoms with Crippen LogP contribution in [-0.2, 0) is 11.3 Å². The maximum Gasteiger partial charge on any atom is 0.234 e. The van der Waals surface area contributed by atoms with Gasteiger partial charge in [-0.3, -0.25) is 9.36 Å². The van der Waals surface area contributed by atoms with E-state index in [1.807, 2.05) is 79.1 Å². The molecule has 0 unspecified atom stereocenters. The Balaban J connectivity index is 1.50. The molecule has 1 amide bonds. The first kappa shape index (κ1) is 22.6. The molecule has 0 aliphatic carbocycles. The number of carbonyl (C=O) groups excluding carboxylic acids is 1. The zero-order valence-electron chi connectivity index (χ0n) is 19.0. The second kappa shape index (κ2) is 10.4. The number of nitrogens with zero attached hydrogens (tertiary/aromatic N) is 3. The van der Waals surface area contributed by atoms with Crippen molar-refractivity contribution < 1.29 is 4.79 Å². The van der Waals surface area contributed by atoms with Crippen molar-refractivity contribution in [1.29, 1.82) is 0 Å². The Morgan fingerprint density at radius 2 is 1.73 bits per heavy atom. The minimum atomic E-state index is -0.0734. The van der Waals surface area contributed by atoms with Gasteiger partial charge < -0.3 is 10.6 Å². The lowest BCUT2D eigenvalue weighted by atomic mass is 10.1. The molecular formula is C26H27N5OS. The van der Waals surface area contributed by atoms with E-state index in [1.54, 1.807) is 0 Å². The number of anilines is 2. The van der Waals surface area contributed by atoms with E-state index in [4.69, 9.17) is 0 Å². The van der Waals surface area contributed by atoms with Gasteiger partial charge in [-0.1, -0.05) is 54.2 Å². The van der Waals surface area contributed by atoms with Crippen LogP contribution >= 0.6 is 11.8 Å². The second-order valence-corrected chi connectivity index (χ2v) is 8.82. The molecule has 2 N–H and O–H groups in total. The summed E-state index contributed by atoms with van der Waals surface area (Å²) in [5.41, 5.74) is 6.24. The van der Waals surface area contributed by atoms with Crippen molar-refractivity contribution in [3.63, 3.8) is 0 Å². The molecule has 0 aliphatic rings. The third-order valence-electron chi connectivity index (χ3n) is 5.39. The summed E-state index contributed by atoms with van der Waals surface area (Å²) in [7, 11) is 0. The van der Waals surface area contributed by atoms with Gasteiger partial charge in [0, 0.05) is 17.1 Å². The lowest BCUT2D eigenvalue weighted by molar-refractivity contribution is -0.113. The van der Waals surface area contributed by atoms with E-state index in [0.717, 1.165) is 34.0 Å². The van der Waals surface area contributed by atoms with Crippen LogP contribution in [0.4, 0.5) is 11.4 Å². The molecule has 4 aromatic rings. The van der Waals surface area contributed by atoms with Gasteiger partial charge in [-0.25, -0.2) is 0 Å². The fourth-order valence-corrected chi connectivity index (χ4v) is 4.25. The average molecular weight is 458 g/mol. The Labute approximate surface area is 198 Å². The number of para-hydroxylation sites is 1. The fourth-order valence-electron chi connectivity index (χ4n) is 3.48. The zero-order valence-corrected chi connectivity index (χ0v) is 19.8. The summed E-state index contributed by atoms with van der Waals surface area (Å²) in [6, 6.07) is 24.1. The molecule has 0 saturated carbocycles. The minimum absolute atomic E-state index is 0.0734. The number of amides is 1. The maximum absolute atomic E-state index is 12.6. The number of rotatable bonds is 8. The summed E-state index contributed by atoms with van der Waals surface area (Å²) >= 11 is 1.37. The summed E-state index contributed by atoms with van der Waals surface area (Å²) in [4.78, 5) is 12.6. The predicted molar refractivity (Wildman–Crippen MR) is 135 cm³/mol. The van der Waals surface area contributed by atoms with Gasteiger partial charge in [-0.05, 0) is 67.8 Å². The van der Waals surface area contributed by atoms with Gasteiger partial charge in [-0.2, -0.15) is 0 Å². The Morgan fingerprint density at radius 1 is 0.939 bits per heavy atom. The third kappa shape index (κ3) is 5.62. The van der Waals surface area contributed by atoms with Crippen LogP contribution in [0.3, 0.4) is 0 Å². The van der Waals surface area contributed by atoms with Gasteiger partial charge in [0.1, 0.15) is 0 Å². The summed E-state index contributed by atoms with van der Waals surface area (Å²) in [6.45, 7) is 6.63. The fraction of sp³-hybridized carbons (Fsp3) is 0.192. The molecule has 4 rings (SSSR count). The van der Waals surface area contributed by atoms with E-state index in [-0.39, 0.29) is 11.7 Å². The first-order chi connectivity index (χ1) is 16.0. The van der Waals surface area contributed by atoms with Crippen LogP contribution in [0.1, 0.15) is 22.5 Å². The number of aromatic nitrogens is 3. The normalized spacial score (nSPS) is 10.8. The zero-order chi connectivity index (χ0) is 23.2. The first-order valence-corrected chi connectivity index (χ1v) is 11.8. The molecular weight excluding hydrogens is 430 g/mol. The van der Waals surface area contributed by atoms with E-state index in [9.17, 15) is 4.79 Å². The van der Waals surface area contributed by atoms with Gasteiger partial charge in [0.25, 0.3) is 0 Å². The van der Waals surface area contributed by atoms with E-state index in [2.05, 4.69) is 39.9 Å². The smallest absolute Gasteiger partial charge is 0.234 e. The third-order valence-corrected chi connectivity index (χ3v) is 6.32. The Hall–Kier alpha value is -3.58. The number of carbonyl (C=O) groups is 1. The van der Waals surface area contributed by atoms with Crippen molar-refractivity contribution in [3.8, 4) is 5.69 Å². The molecule has 0 spiro atoms. The SMILES string of the molecule is Cc1cccc(NCc2nnc(SCC(=O)Nc3cccc(C)c3C)n2-c2ccccc2)c1. The monoisotopic (exact) mass is 457 g/mol. The Bertz CT molecular complexity index is 1250. The number of hydrogen-bond donors (Lipinski definition) is 2. The highest BCUT2D eigenvalue weighted by Gasteiger charge is 2.16. The topological polar surface area (TPSA) is 71.8 Å². The quantitative estimate of drug-likeness (QED) is 0.340. The summed E-state index contributed by atoms with van der Waals surface area (Å²) in [6.07, 6.45) is 0. The molecule has 0 radical (unpaired) electrons. The maximum atomic E-state index is 12.6. The Kier molecular flexibility index (Phi) is 7.10. The number of hydrogen-bond acceptors (Lipinski definition) is 5. The van der Waals surface area contributed by atoms with Gasteiger partial charge in [0.05, 0.1) is 12.3 Å². The van der Waals surface area contributed by atoms with Gasteiger partial charge in [0.2, 0.25) is 5.91 Å². The molecule has 0 fully saturated rings. The van der Waals surface area contributed by atoms with Crippen LogP contribution < -0.4 is 10.6 Å². The van der Waals surface area contributed by atoms with Crippen LogP contribution in [0, 0.1) is 20.8 Å². The van der Waals surface area contributed by atoms with E-state index in [0.29, 0.717) is 11.7 Å². The van der Waals surface area contributed by atoms with Crippen LogP contribution in [0.2, 0.25) is 0 Å². The Morgan fingerprint density at radius 3 is 2.52 bits per heavy atom. The first-order valence-electron chi connectivity index (χ1n) is 10.8. The summed E-state index contributed by atoms with van der Waals surface area (Å²) in [5, 5.41) is 15.9. The summed E-state index contributed by atoms with van der Waals surface area (Å²) in [5.74, 6) is 0.944. The van der Waals surface area contributed by atoms with Gasteiger partial charge in [0.15, 0.2) is 11.0 Å².